The summed E-state index contributed by atoms with van der Waals surface area (Å²) in [6.45, 7) is 9.31. The molecule has 1 aromatic heterocycles. The third kappa shape index (κ3) is 5.73. The molecule has 1 aromatic rings. The summed E-state index contributed by atoms with van der Waals surface area (Å²) in [5.41, 5.74) is 5.82. The summed E-state index contributed by atoms with van der Waals surface area (Å²) in [5.74, 6) is 1.10. The highest BCUT2D eigenvalue weighted by Gasteiger charge is 2.06. The molecule has 3 nitrogen and oxygen atoms in total. The highest BCUT2D eigenvalue weighted by atomic mass is 32.1. The Labute approximate surface area is 108 Å². The second kappa shape index (κ2) is 6.64. The van der Waals surface area contributed by atoms with Crippen LogP contribution < -0.4 is 11.1 Å². The van der Waals surface area contributed by atoms with Crippen molar-refractivity contribution in [1.29, 1.82) is 0 Å². The Hall–Kier alpha value is -1.03. The fourth-order valence-corrected chi connectivity index (χ4v) is 2.55. The number of nitrogens with zero attached hydrogens (tertiary/aromatic N) is 1. The van der Waals surface area contributed by atoms with Crippen LogP contribution in [0.1, 0.15) is 30.5 Å². The van der Waals surface area contributed by atoms with Gasteiger partial charge in [-0.05, 0) is 31.9 Å². The van der Waals surface area contributed by atoms with E-state index in [0.717, 1.165) is 13.0 Å². The van der Waals surface area contributed by atoms with Crippen molar-refractivity contribution < 1.29 is 0 Å². The van der Waals surface area contributed by atoms with Crippen LogP contribution in [0.2, 0.25) is 0 Å². The Balaban J connectivity index is 2.38. The summed E-state index contributed by atoms with van der Waals surface area (Å²) in [6, 6.07) is 4.66. The van der Waals surface area contributed by atoms with Crippen LogP contribution >= 0.6 is 11.3 Å². The van der Waals surface area contributed by atoms with Gasteiger partial charge >= 0.3 is 0 Å². The Kier molecular flexibility index (Phi) is 5.48. The zero-order valence-corrected chi connectivity index (χ0v) is 12.0. The first-order chi connectivity index (χ1) is 7.97. The number of rotatable bonds is 5. The van der Waals surface area contributed by atoms with Crippen LogP contribution in [0, 0.1) is 12.8 Å². The molecular formula is C13H23N3S. The van der Waals surface area contributed by atoms with Gasteiger partial charge in [-0.2, -0.15) is 0 Å². The SMILES string of the molecule is Cc1ccc(CC(C)NC(N)=NCC(C)C)s1. The lowest BCUT2D eigenvalue weighted by Crippen LogP contribution is -2.39. The van der Waals surface area contributed by atoms with Gasteiger partial charge in [0, 0.05) is 28.8 Å². The average molecular weight is 253 g/mol. The fourth-order valence-electron chi connectivity index (χ4n) is 1.53. The minimum atomic E-state index is 0.323. The van der Waals surface area contributed by atoms with E-state index in [1.54, 1.807) is 0 Å². The minimum Gasteiger partial charge on any atom is -0.370 e. The van der Waals surface area contributed by atoms with Gasteiger partial charge in [0.1, 0.15) is 0 Å². The third-order valence-corrected chi connectivity index (χ3v) is 3.35. The summed E-state index contributed by atoms with van der Waals surface area (Å²) in [5, 5.41) is 3.23. The van der Waals surface area contributed by atoms with E-state index in [1.807, 2.05) is 11.3 Å². The molecule has 0 radical (unpaired) electrons. The first kappa shape index (κ1) is 14.0. The smallest absolute Gasteiger partial charge is 0.188 e. The molecule has 0 fully saturated rings. The monoisotopic (exact) mass is 253 g/mol. The molecule has 0 amide bonds. The van der Waals surface area contributed by atoms with Crippen molar-refractivity contribution in [2.75, 3.05) is 6.54 Å². The van der Waals surface area contributed by atoms with Crippen LogP contribution in [-0.2, 0) is 6.42 Å². The lowest BCUT2D eigenvalue weighted by molar-refractivity contribution is 0.638. The maximum atomic E-state index is 5.82. The van der Waals surface area contributed by atoms with Crippen molar-refractivity contribution in [3.63, 3.8) is 0 Å². The third-order valence-electron chi connectivity index (χ3n) is 2.32. The van der Waals surface area contributed by atoms with E-state index in [-0.39, 0.29) is 0 Å². The van der Waals surface area contributed by atoms with Crippen molar-refractivity contribution in [3.05, 3.63) is 21.9 Å². The van der Waals surface area contributed by atoms with Gasteiger partial charge < -0.3 is 11.1 Å². The molecule has 0 aliphatic rings. The molecule has 1 heterocycles. The number of nitrogens with one attached hydrogen (secondary N) is 1. The topological polar surface area (TPSA) is 50.4 Å². The van der Waals surface area contributed by atoms with E-state index < -0.39 is 0 Å². The predicted octanol–water partition coefficient (Wildman–Crippen LogP) is 2.55. The number of aryl methyl sites for hydroxylation is 1. The highest BCUT2D eigenvalue weighted by molar-refractivity contribution is 7.11. The van der Waals surface area contributed by atoms with Crippen LogP contribution in [0.25, 0.3) is 0 Å². The second-order valence-corrected chi connectivity index (χ2v) is 6.25. The molecule has 96 valence electrons. The van der Waals surface area contributed by atoms with E-state index >= 15 is 0 Å². The van der Waals surface area contributed by atoms with E-state index in [0.29, 0.717) is 17.9 Å². The summed E-state index contributed by atoms with van der Waals surface area (Å²) >= 11 is 1.84. The van der Waals surface area contributed by atoms with Crippen LogP contribution in [0.5, 0.6) is 0 Å². The van der Waals surface area contributed by atoms with Gasteiger partial charge in [-0.25, -0.2) is 0 Å². The first-order valence-corrected chi connectivity index (χ1v) is 6.90. The van der Waals surface area contributed by atoms with Gasteiger partial charge in [-0.15, -0.1) is 11.3 Å². The average Bonchev–Trinajstić information content (AvgIpc) is 2.60. The van der Waals surface area contributed by atoms with Crippen LogP contribution in [-0.4, -0.2) is 18.5 Å². The lowest BCUT2D eigenvalue weighted by Gasteiger charge is -2.13. The van der Waals surface area contributed by atoms with Crippen LogP contribution in [0.15, 0.2) is 17.1 Å². The van der Waals surface area contributed by atoms with Crippen LogP contribution in [0.3, 0.4) is 0 Å². The summed E-state index contributed by atoms with van der Waals surface area (Å²) in [6.07, 6.45) is 0.996. The molecule has 0 saturated carbocycles. The molecular weight excluding hydrogens is 230 g/mol. The molecule has 4 heteroatoms. The molecule has 0 aromatic carbocycles. The normalized spacial score (nSPS) is 14.1. The highest BCUT2D eigenvalue weighted by Crippen LogP contribution is 2.16. The lowest BCUT2D eigenvalue weighted by atomic mass is 10.2. The number of nitrogens with two attached hydrogens (primary N) is 1. The zero-order valence-electron chi connectivity index (χ0n) is 11.2. The molecule has 1 atom stereocenters. The van der Waals surface area contributed by atoms with Gasteiger partial charge in [-0.3, -0.25) is 4.99 Å². The van der Waals surface area contributed by atoms with E-state index in [4.69, 9.17) is 5.73 Å². The van der Waals surface area contributed by atoms with Gasteiger partial charge in [0.2, 0.25) is 0 Å². The van der Waals surface area contributed by atoms with Crippen molar-refractivity contribution in [1.82, 2.24) is 5.32 Å². The molecule has 3 N–H and O–H groups in total. The maximum Gasteiger partial charge on any atom is 0.188 e. The van der Waals surface area contributed by atoms with Gasteiger partial charge in [0.25, 0.3) is 0 Å². The molecule has 0 bridgehead atoms. The summed E-state index contributed by atoms with van der Waals surface area (Å²) in [4.78, 5) is 7.04. The molecule has 1 unspecified atom stereocenters. The largest absolute Gasteiger partial charge is 0.370 e. The van der Waals surface area contributed by atoms with Gasteiger partial charge in [0.15, 0.2) is 5.96 Å². The Morgan fingerprint density at radius 1 is 1.41 bits per heavy atom. The molecule has 1 rings (SSSR count). The van der Waals surface area contributed by atoms with E-state index in [1.165, 1.54) is 9.75 Å². The summed E-state index contributed by atoms with van der Waals surface area (Å²) < 4.78 is 0. The molecule has 0 saturated heterocycles. The van der Waals surface area contributed by atoms with Gasteiger partial charge in [0.05, 0.1) is 0 Å². The minimum absolute atomic E-state index is 0.323. The van der Waals surface area contributed by atoms with Crippen molar-refractivity contribution in [3.8, 4) is 0 Å². The summed E-state index contributed by atoms with van der Waals surface area (Å²) in [7, 11) is 0. The van der Waals surface area contributed by atoms with Crippen molar-refractivity contribution in [2.45, 2.75) is 40.2 Å². The quantitative estimate of drug-likeness (QED) is 0.626. The number of aliphatic imine (C=N–C) groups is 1. The molecule has 0 aliphatic carbocycles. The number of hydrogen-bond acceptors (Lipinski definition) is 2. The number of hydrogen-bond donors (Lipinski definition) is 2. The fraction of sp³-hybridized carbons (Fsp3) is 0.615. The predicted molar refractivity (Wildman–Crippen MR) is 76.7 cm³/mol. The van der Waals surface area contributed by atoms with Gasteiger partial charge in [-0.1, -0.05) is 13.8 Å². The van der Waals surface area contributed by atoms with E-state index in [9.17, 15) is 0 Å². The molecule has 0 spiro atoms. The zero-order chi connectivity index (χ0) is 12.8. The second-order valence-electron chi connectivity index (χ2n) is 4.88. The first-order valence-electron chi connectivity index (χ1n) is 6.09. The molecule has 0 aliphatic heterocycles. The maximum absolute atomic E-state index is 5.82. The van der Waals surface area contributed by atoms with E-state index in [2.05, 4.69) is 50.1 Å². The Morgan fingerprint density at radius 2 is 2.12 bits per heavy atom. The van der Waals surface area contributed by atoms with Crippen molar-refractivity contribution >= 4 is 17.3 Å². The standard InChI is InChI=1S/C13H23N3S/c1-9(2)8-15-13(14)16-10(3)7-12-6-5-11(4)17-12/h5-6,9-10H,7-8H2,1-4H3,(H3,14,15,16). The van der Waals surface area contributed by atoms with Crippen LogP contribution in [0.4, 0.5) is 0 Å². The Bertz CT molecular complexity index is 368. The number of thiophene rings is 1. The molecule has 17 heavy (non-hydrogen) atoms. The number of guanidine groups is 1. The van der Waals surface area contributed by atoms with Crippen molar-refractivity contribution in [2.24, 2.45) is 16.6 Å². The Morgan fingerprint density at radius 3 is 2.65 bits per heavy atom.